The molecule has 0 aliphatic carbocycles. The van der Waals surface area contributed by atoms with Crippen LogP contribution in [0.5, 0.6) is 0 Å². The van der Waals surface area contributed by atoms with Crippen molar-refractivity contribution in [2.75, 3.05) is 14.2 Å². The van der Waals surface area contributed by atoms with Crippen LogP contribution >= 0.6 is 27.3 Å². The number of methoxy groups -OCH3 is 1. The lowest BCUT2D eigenvalue weighted by Crippen LogP contribution is -2.26. The molecule has 0 saturated carbocycles. The van der Waals surface area contributed by atoms with Gasteiger partial charge in [-0.2, -0.15) is 4.31 Å². The molecule has 0 aliphatic heterocycles. The summed E-state index contributed by atoms with van der Waals surface area (Å²) < 4.78 is 36.3. The molecule has 0 fully saturated rings. The zero-order chi connectivity index (χ0) is 15.6. The van der Waals surface area contributed by atoms with Crippen molar-refractivity contribution in [2.45, 2.75) is 11.4 Å². The second-order valence-electron chi connectivity index (χ2n) is 4.08. The Bertz CT molecular complexity index is 736. The predicted octanol–water partition coefficient (Wildman–Crippen LogP) is 2.71. The van der Waals surface area contributed by atoms with Crippen molar-refractivity contribution >= 4 is 43.3 Å². The molecule has 2 aromatic rings. The first-order valence-electron chi connectivity index (χ1n) is 5.72. The Balaban J connectivity index is 2.30. The number of sulfonamides is 1. The third-order valence-electron chi connectivity index (χ3n) is 2.69. The van der Waals surface area contributed by atoms with Gasteiger partial charge in [-0.05, 0) is 34.1 Å². The topological polar surface area (TPSA) is 76.8 Å². The van der Waals surface area contributed by atoms with E-state index >= 15 is 0 Å². The third kappa shape index (κ3) is 3.37. The number of hydrogen-bond acceptors (Lipinski definition) is 6. The molecule has 0 spiro atoms. The molecule has 0 aromatic carbocycles. The summed E-state index contributed by atoms with van der Waals surface area (Å²) in [5.74, 6) is -0.0449. The van der Waals surface area contributed by atoms with E-state index in [0.29, 0.717) is 9.55 Å². The van der Waals surface area contributed by atoms with E-state index < -0.39 is 16.0 Å². The van der Waals surface area contributed by atoms with E-state index in [1.807, 2.05) is 0 Å². The van der Waals surface area contributed by atoms with Crippen LogP contribution in [0.25, 0.3) is 0 Å². The number of carbonyl (C=O) groups is 1. The Morgan fingerprint density at radius 2 is 2.24 bits per heavy atom. The van der Waals surface area contributed by atoms with Crippen LogP contribution in [0.3, 0.4) is 0 Å². The largest absolute Gasteiger partial charge is 0.468 e. The standard InChI is InChI=1S/C12H12BrNO5S2/c1-14(7-8-4-3-5-19-8)21(16,17)10-6-9(12(15)18-2)20-11(10)13/h3-6H,7H2,1-2H3. The zero-order valence-corrected chi connectivity index (χ0v) is 14.4. The smallest absolute Gasteiger partial charge is 0.348 e. The molecule has 114 valence electrons. The van der Waals surface area contributed by atoms with Gasteiger partial charge >= 0.3 is 5.97 Å². The molecule has 6 nitrogen and oxygen atoms in total. The predicted molar refractivity (Wildman–Crippen MR) is 80.7 cm³/mol. The maximum atomic E-state index is 12.5. The summed E-state index contributed by atoms with van der Waals surface area (Å²) in [4.78, 5) is 11.7. The number of esters is 1. The number of furan rings is 1. The van der Waals surface area contributed by atoms with Crippen molar-refractivity contribution in [3.8, 4) is 0 Å². The molecule has 2 aromatic heterocycles. The second-order valence-corrected chi connectivity index (χ2v) is 8.46. The highest BCUT2D eigenvalue weighted by molar-refractivity contribution is 9.11. The lowest BCUT2D eigenvalue weighted by atomic mass is 10.4. The van der Waals surface area contributed by atoms with Crippen LogP contribution < -0.4 is 0 Å². The summed E-state index contributed by atoms with van der Waals surface area (Å²) in [6.07, 6.45) is 1.48. The maximum Gasteiger partial charge on any atom is 0.348 e. The minimum absolute atomic E-state index is 0.0296. The molecule has 0 amide bonds. The normalized spacial score (nSPS) is 11.8. The molecule has 0 saturated heterocycles. The van der Waals surface area contributed by atoms with E-state index in [1.165, 1.54) is 26.5 Å². The van der Waals surface area contributed by atoms with E-state index in [1.54, 1.807) is 12.1 Å². The summed E-state index contributed by atoms with van der Waals surface area (Å²) >= 11 is 4.19. The zero-order valence-electron chi connectivity index (χ0n) is 11.2. The van der Waals surface area contributed by atoms with Crippen LogP contribution in [0.1, 0.15) is 15.4 Å². The number of ether oxygens (including phenoxy) is 1. The van der Waals surface area contributed by atoms with E-state index in [0.717, 1.165) is 15.6 Å². The minimum atomic E-state index is -3.74. The molecule has 2 heterocycles. The first-order chi connectivity index (χ1) is 9.86. The van der Waals surface area contributed by atoms with Gasteiger partial charge in [-0.15, -0.1) is 11.3 Å². The number of thiophene rings is 1. The van der Waals surface area contributed by atoms with Crippen molar-refractivity contribution in [2.24, 2.45) is 0 Å². The molecule has 0 atom stereocenters. The van der Waals surface area contributed by atoms with Gasteiger partial charge in [-0.25, -0.2) is 13.2 Å². The van der Waals surface area contributed by atoms with Crippen LogP contribution in [0.2, 0.25) is 0 Å². The Morgan fingerprint density at radius 1 is 1.52 bits per heavy atom. The molecule has 0 bridgehead atoms. The van der Waals surface area contributed by atoms with Gasteiger partial charge < -0.3 is 9.15 Å². The molecular formula is C12H12BrNO5S2. The molecule has 0 aliphatic rings. The van der Waals surface area contributed by atoms with Crippen molar-refractivity contribution in [3.63, 3.8) is 0 Å². The Labute approximate surface area is 134 Å². The molecule has 21 heavy (non-hydrogen) atoms. The highest BCUT2D eigenvalue weighted by Crippen LogP contribution is 2.34. The summed E-state index contributed by atoms with van der Waals surface area (Å²) in [5, 5.41) is 0. The number of rotatable bonds is 5. The van der Waals surface area contributed by atoms with E-state index in [9.17, 15) is 13.2 Å². The van der Waals surface area contributed by atoms with Crippen molar-refractivity contribution in [3.05, 3.63) is 38.9 Å². The first kappa shape index (κ1) is 16.2. The third-order valence-corrected chi connectivity index (χ3v) is 6.72. The van der Waals surface area contributed by atoms with E-state index in [2.05, 4.69) is 20.7 Å². The Hall–Kier alpha value is -1.16. The Morgan fingerprint density at radius 3 is 2.81 bits per heavy atom. The van der Waals surface area contributed by atoms with Crippen LogP contribution in [-0.4, -0.2) is 32.8 Å². The molecular weight excluding hydrogens is 382 g/mol. The summed E-state index contributed by atoms with van der Waals surface area (Å²) in [6.45, 7) is 0.102. The quantitative estimate of drug-likeness (QED) is 0.729. The van der Waals surface area contributed by atoms with Gasteiger partial charge in [0.05, 0.1) is 23.7 Å². The molecule has 9 heteroatoms. The average molecular weight is 394 g/mol. The number of hydrogen-bond donors (Lipinski definition) is 0. The lowest BCUT2D eigenvalue weighted by molar-refractivity contribution is 0.0606. The van der Waals surface area contributed by atoms with Gasteiger partial charge in [0.25, 0.3) is 0 Å². The first-order valence-corrected chi connectivity index (χ1v) is 8.77. The van der Waals surface area contributed by atoms with Gasteiger partial charge in [-0.1, -0.05) is 0 Å². The lowest BCUT2D eigenvalue weighted by Gasteiger charge is -2.15. The fraction of sp³-hybridized carbons (Fsp3) is 0.250. The molecule has 0 N–H and O–H groups in total. The van der Waals surface area contributed by atoms with E-state index in [-0.39, 0.29) is 16.3 Å². The van der Waals surface area contributed by atoms with Gasteiger partial charge in [0.1, 0.15) is 15.5 Å². The van der Waals surface area contributed by atoms with Crippen LogP contribution in [-0.2, 0) is 21.3 Å². The highest BCUT2D eigenvalue weighted by atomic mass is 79.9. The van der Waals surface area contributed by atoms with Crippen LogP contribution in [0.15, 0.2) is 37.6 Å². The van der Waals surface area contributed by atoms with Crippen molar-refractivity contribution in [1.82, 2.24) is 4.31 Å². The van der Waals surface area contributed by atoms with Gasteiger partial charge in [0, 0.05) is 7.05 Å². The van der Waals surface area contributed by atoms with Gasteiger partial charge in [0.15, 0.2) is 0 Å². The van der Waals surface area contributed by atoms with Crippen molar-refractivity contribution < 1.29 is 22.4 Å². The number of carbonyl (C=O) groups excluding carboxylic acids is 1. The minimum Gasteiger partial charge on any atom is -0.468 e. The molecule has 2 rings (SSSR count). The average Bonchev–Trinajstić information content (AvgIpc) is 3.07. The van der Waals surface area contributed by atoms with Gasteiger partial charge in [-0.3, -0.25) is 0 Å². The molecule has 0 radical (unpaired) electrons. The van der Waals surface area contributed by atoms with Gasteiger partial charge in [0.2, 0.25) is 10.0 Å². The SMILES string of the molecule is COC(=O)c1cc(S(=O)(=O)N(C)Cc2ccco2)c(Br)s1. The fourth-order valence-corrected chi connectivity index (χ4v) is 5.17. The Kier molecular flexibility index (Phi) is 4.87. The molecule has 0 unspecified atom stereocenters. The van der Waals surface area contributed by atoms with Crippen LogP contribution in [0, 0.1) is 0 Å². The fourth-order valence-electron chi connectivity index (χ4n) is 1.60. The van der Waals surface area contributed by atoms with Crippen LogP contribution in [0.4, 0.5) is 0 Å². The summed E-state index contributed by atoms with van der Waals surface area (Å²) in [6, 6.07) is 4.68. The maximum absolute atomic E-state index is 12.5. The highest BCUT2D eigenvalue weighted by Gasteiger charge is 2.28. The van der Waals surface area contributed by atoms with Crippen molar-refractivity contribution in [1.29, 1.82) is 0 Å². The number of nitrogens with zero attached hydrogens (tertiary/aromatic N) is 1. The monoisotopic (exact) mass is 393 g/mol. The summed E-state index contributed by atoms with van der Waals surface area (Å²) in [7, 11) is -1.05. The summed E-state index contributed by atoms with van der Waals surface area (Å²) in [5.41, 5.74) is 0. The van der Waals surface area contributed by atoms with E-state index in [4.69, 9.17) is 4.42 Å². The number of halogens is 1. The second kappa shape index (κ2) is 6.30.